The van der Waals surface area contributed by atoms with Gasteiger partial charge in [-0.25, -0.2) is 0 Å². The second kappa shape index (κ2) is 31.3. The van der Waals surface area contributed by atoms with Crippen LogP contribution in [-0.4, -0.2) is 0 Å². The van der Waals surface area contributed by atoms with Crippen molar-refractivity contribution in [2.75, 3.05) is 19.6 Å². The molecule has 4 nitrogen and oxygen atoms in total. The quantitative estimate of drug-likeness (QED) is 0.0749. The van der Waals surface area contributed by atoms with E-state index in [1.165, 1.54) is 139 Å². The Morgan fingerprint density at radius 3 is 1.36 bits per heavy atom. The first kappa shape index (κ1) is 78.2. The van der Waals surface area contributed by atoms with Gasteiger partial charge >= 0.3 is 0 Å². The largest absolute Gasteiger partial charge is 0.313 e. The topological polar surface area (TPSA) is 13.0 Å². The van der Waals surface area contributed by atoms with Gasteiger partial charge in [-0.05, 0) is 286 Å². The third-order valence-electron chi connectivity index (χ3n) is 27.1. The van der Waals surface area contributed by atoms with Crippen molar-refractivity contribution in [3.8, 4) is 33.4 Å². The first-order chi connectivity index (χ1) is 61.5. The maximum Gasteiger partial charge on any atom is 0.0540 e. The van der Waals surface area contributed by atoms with E-state index in [0.717, 1.165) is 108 Å². The first-order valence-electron chi connectivity index (χ1n) is 44.2. The second-order valence-electron chi connectivity index (χ2n) is 35.4. The van der Waals surface area contributed by atoms with Crippen LogP contribution < -0.4 is 24.8 Å². The highest BCUT2D eigenvalue weighted by Crippen LogP contribution is 2.56. The molecule has 0 unspecified atom stereocenters. The van der Waals surface area contributed by atoms with E-state index in [4.69, 9.17) is 6.58 Å². The molecule has 0 amide bonds. The van der Waals surface area contributed by atoms with E-state index >= 15 is 0 Å². The summed E-state index contributed by atoms with van der Waals surface area (Å²) in [5, 5.41) is 6.25. The van der Waals surface area contributed by atoms with Gasteiger partial charge in [-0.2, -0.15) is 0 Å². The van der Waals surface area contributed by atoms with Crippen molar-refractivity contribution >= 4 is 144 Å². The number of rotatable bonds is 15. The standard InChI is InChI=1S/C122H98N4/c1-12-14-30-111-79(5)36-45-93-54-56-96(75-118(93)124(111)97-61-57-87(58-62-97)86-47-40-82(41-48-86)38-39-83-43-66-101-103-69-63-98(76-109(103)121(8,9)107(101)72-83)125-113-32-21-16-26-89(113)49-50-90-27-17-22-33-114(90)125)106(78(3)4)74-95-55-53-88-25-15-20-31-112(88)123(81(95)7)117-71-60-94-59-68-100(119-80(6)37-65-105(117)120(94)119)85(13-2)46-42-84-44-67-102-104-70-64-99(77-110(104)122(10,11)108(102)73-84)126-115-34-23-18-28-91(115)51-52-92-29-19-24-35-116(92)126/h12,14-77H,1,3,13H2,2,4-11H3. The summed E-state index contributed by atoms with van der Waals surface area (Å²) < 4.78 is 0. The van der Waals surface area contributed by atoms with Gasteiger partial charge in [-0.3, -0.25) is 0 Å². The minimum absolute atomic E-state index is 0.205. The number of fused-ring (bicyclic) bond motifs is 12. The molecule has 606 valence electrons. The second-order valence-corrected chi connectivity index (χ2v) is 35.4. The van der Waals surface area contributed by atoms with Crippen LogP contribution in [0.2, 0.25) is 0 Å². The van der Waals surface area contributed by atoms with Crippen molar-refractivity contribution < 1.29 is 0 Å². The van der Waals surface area contributed by atoms with Crippen LogP contribution in [0.25, 0.3) is 121 Å². The van der Waals surface area contributed by atoms with Crippen molar-refractivity contribution in [3.05, 3.63) is 470 Å². The highest BCUT2D eigenvalue weighted by molar-refractivity contribution is 6.17. The van der Waals surface area contributed by atoms with Crippen molar-refractivity contribution in [1.82, 2.24) is 0 Å². The molecule has 15 aromatic carbocycles. The van der Waals surface area contributed by atoms with E-state index in [1.807, 2.05) is 12.2 Å². The van der Waals surface area contributed by atoms with Crippen molar-refractivity contribution in [3.63, 3.8) is 0 Å². The predicted octanol–water partition coefficient (Wildman–Crippen LogP) is 32.9. The van der Waals surface area contributed by atoms with Gasteiger partial charge in [0.25, 0.3) is 0 Å². The summed E-state index contributed by atoms with van der Waals surface area (Å²) in [6.07, 6.45) is 36.6. The number of benzene rings is 15. The highest BCUT2D eigenvalue weighted by atomic mass is 15.2. The zero-order valence-electron chi connectivity index (χ0n) is 72.9. The Labute approximate surface area is 741 Å². The fourth-order valence-electron chi connectivity index (χ4n) is 20.4. The molecule has 0 saturated heterocycles. The molecule has 126 heavy (non-hydrogen) atoms. The molecule has 21 rings (SSSR count). The lowest BCUT2D eigenvalue weighted by atomic mass is 9.81. The molecule has 0 bridgehead atoms. The van der Waals surface area contributed by atoms with Crippen LogP contribution in [0.3, 0.4) is 0 Å². The predicted molar refractivity (Wildman–Crippen MR) is 543 cm³/mol. The van der Waals surface area contributed by atoms with Gasteiger partial charge in [0, 0.05) is 44.7 Å². The number of hydrogen-bond acceptors (Lipinski definition) is 4. The lowest BCUT2D eigenvalue weighted by molar-refractivity contribution is 0.660. The maximum atomic E-state index is 4.74. The molecule has 0 fully saturated rings. The SMILES string of the molecule is C=CC=CC1=C(C)C=Cc2ccc(C(=CC3=C(C)N(c4ccc5ccc(=C(C=Cc6ccc7c(c6)C(C)(C)c6cc(N8c9ccccc9C=Cc9ccccc98)ccc6-7)CC)c6c(C)ccc4c56)c4ccccc4C=C3)C(=C)C)cc2N1c1ccc(-c2ccc(C=Cc3ccc4c(c3)C(C)(C)c3cc(N5c6ccccc6C=Cc6ccccc65)ccc3-4)cc2)cc1. The zero-order valence-corrected chi connectivity index (χ0v) is 72.9. The molecule has 15 aromatic rings. The zero-order chi connectivity index (χ0) is 85.8. The lowest BCUT2D eigenvalue weighted by Crippen LogP contribution is -2.17. The van der Waals surface area contributed by atoms with Crippen molar-refractivity contribution in [1.29, 1.82) is 0 Å². The highest BCUT2D eigenvalue weighted by Gasteiger charge is 2.39. The van der Waals surface area contributed by atoms with Crippen molar-refractivity contribution in [2.45, 2.75) is 79.6 Å². The number of nitrogens with zero attached hydrogens (tertiary/aromatic N) is 4. The summed E-state index contributed by atoms with van der Waals surface area (Å²) in [7, 11) is 0. The van der Waals surface area contributed by atoms with E-state index in [1.54, 1.807) is 0 Å². The number of aryl methyl sites for hydroxylation is 1. The van der Waals surface area contributed by atoms with Gasteiger partial charge in [0.2, 0.25) is 0 Å². The molecule has 0 spiro atoms. The first-order valence-corrected chi connectivity index (χ1v) is 44.2. The van der Waals surface area contributed by atoms with Gasteiger partial charge in [-0.1, -0.05) is 357 Å². The number of hydrogen-bond donors (Lipinski definition) is 0. The molecule has 2 aliphatic carbocycles. The molecule has 0 radical (unpaired) electrons. The molecule has 4 heterocycles. The van der Waals surface area contributed by atoms with Gasteiger partial charge in [-0.15, -0.1) is 0 Å². The number of allylic oxidation sites excluding steroid dienone is 12. The van der Waals surface area contributed by atoms with Crippen LogP contribution >= 0.6 is 0 Å². The van der Waals surface area contributed by atoms with Gasteiger partial charge in [0.15, 0.2) is 0 Å². The van der Waals surface area contributed by atoms with Gasteiger partial charge in [0.1, 0.15) is 0 Å². The minimum atomic E-state index is -0.230. The summed E-state index contributed by atoms with van der Waals surface area (Å²) >= 11 is 0. The summed E-state index contributed by atoms with van der Waals surface area (Å²) in [5.74, 6) is 0. The van der Waals surface area contributed by atoms with Crippen LogP contribution in [0.4, 0.5) is 56.9 Å². The van der Waals surface area contributed by atoms with Crippen molar-refractivity contribution in [2.24, 2.45) is 0 Å². The van der Waals surface area contributed by atoms with Crippen LogP contribution in [-0.2, 0) is 10.8 Å². The lowest BCUT2D eigenvalue weighted by Gasteiger charge is -2.30. The van der Waals surface area contributed by atoms with E-state index in [-0.39, 0.29) is 10.8 Å². The molecule has 6 aliphatic rings. The van der Waals surface area contributed by atoms with Crippen LogP contribution in [0.15, 0.2) is 381 Å². The fraction of sp³-hybridized carbons (Fsp3) is 0.0984. The van der Waals surface area contributed by atoms with Gasteiger partial charge < -0.3 is 19.6 Å². The van der Waals surface area contributed by atoms with Crippen LogP contribution in [0, 0.1) is 6.92 Å². The normalized spacial score (nSPS) is 15.2. The summed E-state index contributed by atoms with van der Waals surface area (Å²) in [6.45, 7) is 29.6. The Balaban J connectivity index is 0.566. The molecule has 4 aliphatic heterocycles. The monoisotopic (exact) mass is 1620 g/mol. The molecule has 0 atom stereocenters. The van der Waals surface area contributed by atoms with E-state index in [9.17, 15) is 0 Å². The average molecular weight is 1620 g/mol. The third kappa shape index (κ3) is 13.4. The summed E-state index contributed by atoms with van der Waals surface area (Å²) in [6, 6.07) is 111. The Morgan fingerprint density at radius 1 is 0.373 bits per heavy atom. The number of para-hydroxylation sites is 5. The van der Waals surface area contributed by atoms with E-state index < -0.39 is 0 Å². The minimum Gasteiger partial charge on any atom is -0.313 e. The summed E-state index contributed by atoms with van der Waals surface area (Å²) in [5.41, 5.74) is 44.5. The molecule has 0 saturated carbocycles. The van der Waals surface area contributed by atoms with Crippen LogP contribution in [0.5, 0.6) is 0 Å². The molecule has 4 heteroatoms. The maximum absolute atomic E-state index is 4.74. The molecule has 0 aromatic heterocycles. The number of anilines is 10. The van der Waals surface area contributed by atoms with Crippen LogP contribution in [0.1, 0.15) is 145 Å². The molecular weight excluding hydrogens is 1520 g/mol. The summed E-state index contributed by atoms with van der Waals surface area (Å²) in [4.78, 5) is 9.77. The molecule has 0 N–H and O–H groups in total. The molecular formula is C122H98N4. The third-order valence-corrected chi connectivity index (χ3v) is 27.1. The van der Waals surface area contributed by atoms with E-state index in [2.05, 4.69) is 471 Å². The van der Waals surface area contributed by atoms with E-state index in [0.29, 0.717) is 0 Å². The fourth-order valence-corrected chi connectivity index (χ4v) is 20.4. The Morgan fingerprint density at radius 2 is 0.825 bits per heavy atom. The smallest absolute Gasteiger partial charge is 0.0540 e. The average Bonchev–Trinajstić information content (AvgIpc) is 1.49. The Hall–Kier alpha value is -15.1. The Kier molecular flexibility index (Phi) is 19.4. The van der Waals surface area contributed by atoms with Gasteiger partial charge in [0.05, 0.1) is 39.8 Å². The Bertz CT molecular complexity index is 7410.